The van der Waals surface area contributed by atoms with Gasteiger partial charge in [-0.15, -0.1) is 0 Å². The third-order valence-electron chi connectivity index (χ3n) is 4.17. The summed E-state index contributed by atoms with van der Waals surface area (Å²) in [6.07, 6.45) is 1.86. The first-order valence-electron chi connectivity index (χ1n) is 7.21. The molecule has 1 aliphatic rings. The molecule has 2 rings (SSSR count). The Labute approximate surface area is 118 Å². The molecule has 2 atom stereocenters. The lowest BCUT2D eigenvalue weighted by molar-refractivity contribution is -0.384. The van der Waals surface area contributed by atoms with Crippen LogP contribution in [0.15, 0.2) is 0 Å². The van der Waals surface area contributed by atoms with Crippen molar-refractivity contribution in [2.75, 3.05) is 18.0 Å². The van der Waals surface area contributed by atoms with E-state index in [1.807, 2.05) is 6.92 Å². The lowest BCUT2D eigenvalue weighted by atomic mass is 9.90. The zero-order valence-electron chi connectivity index (χ0n) is 12.4. The van der Waals surface area contributed by atoms with Crippen molar-refractivity contribution >= 4 is 11.5 Å². The summed E-state index contributed by atoms with van der Waals surface area (Å²) < 4.78 is 1.73. The highest BCUT2D eigenvalue weighted by Crippen LogP contribution is 2.34. The SMILES string of the molecule is CCC1CN(c2c([N+](=O)[O-])c(C)nn2CC)CCC1N. The molecule has 112 valence electrons. The van der Waals surface area contributed by atoms with Crippen LogP contribution in [-0.2, 0) is 6.54 Å². The Balaban J connectivity index is 2.38. The number of piperidine rings is 1. The molecule has 1 aromatic heterocycles. The summed E-state index contributed by atoms with van der Waals surface area (Å²) in [5.41, 5.74) is 6.74. The van der Waals surface area contributed by atoms with Gasteiger partial charge in [-0.3, -0.25) is 10.1 Å². The van der Waals surface area contributed by atoms with Crippen LogP contribution < -0.4 is 10.6 Å². The van der Waals surface area contributed by atoms with Crippen molar-refractivity contribution in [1.29, 1.82) is 0 Å². The van der Waals surface area contributed by atoms with Gasteiger partial charge < -0.3 is 10.6 Å². The predicted molar refractivity (Wildman–Crippen MR) is 77.9 cm³/mol. The number of hydrogen-bond acceptors (Lipinski definition) is 5. The average molecular weight is 281 g/mol. The average Bonchev–Trinajstić information content (AvgIpc) is 2.76. The Morgan fingerprint density at radius 2 is 2.20 bits per heavy atom. The topological polar surface area (TPSA) is 90.2 Å². The standard InChI is InChI=1S/C13H23N5O2/c1-4-10-8-16(7-6-11(10)14)13-12(18(19)20)9(3)15-17(13)5-2/h10-11H,4-8,14H2,1-3H3. The summed E-state index contributed by atoms with van der Waals surface area (Å²) in [5, 5.41) is 15.6. The van der Waals surface area contributed by atoms with E-state index in [2.05, 4.69) is 16.9 Å². The van der Waals surface area contributed by atoms with E-state index in [4.69, 9.17) is 5.73 Å². The summed E-state index contributed by atoms with van der Waals surface area (Å²) in [4.78, 5) is 13.1. The van der Waals surface area contributed by atoms with Crippen molar-refractivity contribution in [2.45, 2.75) is 46.2 Å². The molecule has 1 aliphatic heterocycles. The molecular weight excluding hydrogens is 258 g/mol. The van der Waals surface area contributed by atoms with E-state index < -0.39 is 0 Å². The normalized spacial score (nSPS) is 23.1. The summed E-state index contributed by atoms with van der Waals surface area (Å²) >= 11 is 0. The van der Waals surface area contributed by atoms with Crippen LogP contribution >= 0.6 is 0 Å². The predicted octanol–water partition coefficient (Wildman–Crippen LogP) is 1.68. The molecule has 2 unspecified atom stereocenters. The number of hydrogen-bond donors (Lipinski definition) is 1. The van der Waals surface area contributed by atoms with Crippen LogP contribution in [0, 0.1) is 23.0 Å². The largest absolute Gasteiger partial charge is 0.351 e. The minimum atomic E-state index is -0.320. The van der Waals surface area contributed by atoms with Crippen LogP contribution in [-0.4, -0.2) is 33.8 Å². The third-order valence-corrected chi connectivity index (χ3v) is 4.17. The molecule has 20 heavy (non-hydrogen) atoms. The first kappa shape index (κ1) is 14.8. The van der Waals surface area contributed by atoms with Crippen molar-refractivity contribution in [3.05, 3.63) is 15.8 Å². The van der Waals surface area contributed by atoms with Crippen molar-refractivity contribution in [1.82, 2.24) is 9.78 Å². The van der Waals surface area contributed by atoms with Crippen LogP contribution in [0.25, 0.3) is 0 Å². The first-order chi connectivity index (χ1) is 9.49. The summed E-state index contributed by atoms with van der Waals surface area (Å²) in [7, 11) is 0. The van der Waals surface area contributed by atoms with Gasteiger partial charge in [0.15, 0.2) is 0 Å². The molecule has 0 bridgehead atoms. The lowest BCUT2D eigenvalue weighted by Crippen LogP contribution is -2.47. The maximum atomic E-state index is 11.3. The maximum Gasteiger partial charge on any atom is 0.333 e. The van der Waals surface area contributed by atoms with E-state index in [9.17, 15) is 10.1 Å². The Morgan fingerprint density at radius 1 is 1.50 bits per heavy atom. The number of nitro groups is 1. The summed E-state index contributed by atoms with van der Waals surface area (Å²) in [5.74, 6) is 1.02. The zero-order valence-corrected chi connectivity index (χ0v) is 12.4. The molecule has 0 saturated carbocycles. The summed E-state index contributed by atoms with van der Waals surface area (Å²) in [6.45, 7) is 7.91. The molecule has 0 radical (unpaired) electrons. The van der Waals surface area contributed by atoms with Gasteiger partial charge in [0.05, 0.1) is 4.92 Å². The van der Waals surface area contributed by atoms with E-state index in [0.717, 1.165) is 25.9 Å². The minimum absolute atomic E-state index is 0.136. The molecule has 1 fully saturated rings. The third kappa shape index (κ3) is 2.49. The first-order valence-corrected chi connectivity index (χ1v) is 7.21. The minimum Gasteiger partial charge on any atom is -0.351 e. The second-order valence-electron chi connectivity index (χ2n) is 5.40. The van der Waals surface area contributed by atoms with Gasteiger partial charge in [-0.05, 0) is 26.2 Å². The van der Waals surface area contributed by atoms with Gasteiger partial charge in [-0.1, -0.05) is 13.3 Å². The lowest BCUT2D eigenvalue weighted by Gasteiger charge is -2.37. The van der Waals surface area contributed by atoms with Gasteiger partial charge in [0, 0.05) is 25.7 Å². The number of nitrogens with two attached hydrogens (primary N) is 1. The number of nitrogens with zero attached hydrogens (tertiary/aromatic N) is 4. The molecule has 2 heterocycles. The van der Waals surface area contributed by atoms with Crippen molar-refractivity contribution in [2.24, 2.45) is 11.7 Å². The molecule has 1 saturated heterocycles. The fraction of sp³-hybridized carbons (Fsp3) is 0.769. The summed E-state index contributed by atoms with van der Waals surface area (Å²) in [6, 6.07) is 0.189. The van der Waals surface area contributed by atoms with Gasteiger partial charge in [-0.2, -0.15) is 5.10 Å². The van der Waals surface area contributed by atoms with Crippen LogP contribution in [0.1, 0.15) is 32.4 Å². The van der Waals surface area contributed by atoms with Crippen LogP contribution in [0.3, 0.4) is 0 Å². The monoisotopic (exact) mass is 281 g/mol. The van der Waals surface area contributed by atoms with E-state index in [-0.39, 0.29) is 16.7 Å². The highest BCUT2D eigenvalue weighted by molar-refractivity contribution is 5.61. The number of rotatable bonds is 4. The Morgan fingerprint density at radius 3 is 2.75 bits per heavy atom. The van der Waals surface area contributed by atoms with Gasteiger partial charge in [0.1, 0.15) is 5.69 Å². The zero-order chi connectivity index (χ0) is 14.9. The van der Waals surface area contributed by atoms with Crippen LogP contribution in [0.2, 0.25) is 0 Å². The second kappa shape index (κ2) is 5.78. The Hall–Kier alpha value is -1.63. The van der Waals surface area contributed by atoms with E-state index >= 15 is 0 Å². The molecule has 0 aromatic carbocycles. The molecular formula is C13H23N5O2. The van der Waals surface area contributed by atoms with Gasteiger partial charge >= 0.3 is 5.69 Å². The van der Waals surface area contributed by atoms with Crippen molar-refractivity contribution < 1.29 is 4.92 Å². The quantitative estimate of drug-likeness (QED) is 0.670. The number of anilines is 1. The molecule has 0 aliphatic carbocycles. The Bertz CT molecular complexity index is 499. The molecule has 2 N–H and O–H groups in total. The number of aromatic nitrogens is 2. The highest BCUT2D eigenvalue weighted by atomic mass is 16.6. The fourth-order valence-corrected chi connectivity index (χ4v) is 2.98. The maximum absolute atomic E-state index is 11.3. The van der Waals surface area contributed by atoms with Crippen molar-refractivity contribution in [3.8, 4) is 0 Å². The smallest absolute Gasteiger partial charge is 0.333 e. The highest BCUT2D eigenvalue weighted by Gasteiger charge is 2.33. The molecule has 0 amide bonds. The number of aryl methyl sites for hydroxylation is 2. The van der Waals surface area contributed by atoms with Gasteiger partial charge in [0.25, 0.3) is 0 Å². The molecule has 7 heteroatoms. The molecule has 7 nitrogen and oxygen atoms in total. The van der Waals surface area contributed by atoms with E-state index in [0.29, 0.717) is 24.0 Å². The molecule has 0 spiro atoms. The van der Waals surface area contributed by atoms with Gasteiger partial charge in [0.2, 0.25) is 5.82 Å². The Kier molecular flexibility index (Phi) is 4.27. The van der Waals surface area contributed by atoms with Crippen LogP contribution in [0.5, 0.6) is 0 Å². The van der Waals surface area contributed by atoms with Crippen molar-refractivity contribution in [3.63, 3.8) is 0 Å². The van der Waals surface area contributed by atoms with E-state index in [1.54, 1.807) is 11.6 Å². The van der Waals surface area contributed by atoms with Gasteiger partial charge in [-0.25, -0.2) is 4.68 Å². The molecule has 1 aromatic rings. The van der Waals surface area contributed by atoms with Crippen LogP contribution in [0.4, 0.5) is 11.5 Å². The van der Waals surface area contributed by atoms with E-state index in [1.165, 1.54) is 0 Å². The fourth-order valence-electron chi connectivity index (χ4n) is 2.98. The second-order valence-corrected chi connectivity index (χ2v) is 5.40.